The number of aryl methyl sites for hydroxylation is 1. The molecule has 2 amide bonds. The van der Waals surface area contributed by atoms with Crippen molar-refractivity contribution < 1.29 is 13.9 Å². The Kier molecular flexibility index (Phi) is 4.65. The molecule has 2 rings (SSSR count). The number of likely N-dealkylation sites (tertiary alicyclic amines) is 1. The Morgan fingerprint density at radius 2 is 2.35 bits per heavy atom. The molecule has 2 heterocycles. The monoisotopic (exact) mass is 280 g/mol. The maximum atomic E-state index is 11.8. The molecule has 1 aliphatic rings. The molecule has 1 unspecified atom stereocenters. The average molecular weight is 280 g/mol. The van der Waals surface area contributed by atoms with Crippen molar-refractivity contribution in [1.82, 2.24) is 10.2 Å². The molecule has 1 N–H and O–H groups in total. The highest BCUT2D eigenvalue weighted by molar-refractivity contribution is 5.74. The number of nitrogens with zero attached hydrogens (tertiary/aromatic N) is 1. The highest BCUT2D eigenvalue weighted by atomic mass is 16.5. The number of carbonyl (C=O) groups is 1. The van der Waals surface area contributed by atoms with Crippen molar-refractivity contribution in [2.75, 3.05) is 19.6 Å². The van der Waals surface area contributed by atoms with Crippen LogP contribution in [0.25, 0.3) is 0 Å². The zero-order chi connectivity index (χ0) is 14.5. The molecule has 1 aromatic rings. The first-order valence-corrected chi connectivity index (χ1v) is 6.89. The molecule has 1 saturated heterocycles. The smallest absolute Gasteiger partial charge is 0.339 e. The van der Waals surface area contributed by atoms with Gasteiger partial charge in [-0.3, -0.25) is 0 Å². The van der Waals surface area contributed by atoms with Crippen LogP contribution in [0.15, 0.2) is 21.3 Å². The van der Waals surface area contributed by atoms with E-state index in [4.69, 9.17) is 9.15 Å². The van der Waals surface area contributed by atoms with Gasteiger partial charge >= 0.3 is 11.7 Å². The van der Waals surface area contributed by atoms with Crippen LogP contribution in [-0.2, 0) is 0 Å². The van der Waals surface area contributed by atoms with E-state index in [0.717, 1.165) is 12.8 Å². The first-order valence-electron chi connectivity index (χ1n) is 6.89. The zero-order valence-corrected chi connectivity index (χ0v) is 11.8. The summed E-state index contributed by atoms with van der Waals surface area (Å²) in [5.74, 6) is 1.02. The van der Waals surface area contributed by atoms with Crippen molar-refractivity contribution in [1.29, 1.82) is 0 Å². The predicted octanol–water partition coefficient (Wildman–Crippen LogP) is 1.52. The van der Waals surface area contributed by atoms with E-state index in [1.54, 1.807) is 17.9 Å². The van der Waals surface area contributed by atoms with E-state index in [0.29, 0.717) is 31.1 Å². The molecule has 0 aliphatic carbocycles. The summed E-state index contributed by atoms with van der Waals surface area (Å²) in [6, 6.07) is 2.95. The van der Waals surface area contributed by atoms with Crippen LogP contribution in [0.1, 0.15) is 25.5 Å². The molecule has 6 nitrogen and oxygen atoms in total. The van der Waals surface area contributed by atoms with Gasteiger partial charge in [-0.2, -0.15) is 0 Å². The molecule has 0 radical (unpaired) electrons. The van der Waals surface area contributed by atoms with Gasteiger partial charge in [-0.1, -0.05) is 6.92 Å². The van der Waals surface area contributed by atoms with Gasteiger partial charge in [-0.15, -0.1) is 0 Å². The third kappa shape index (κ3) is 3.76. The number of amides is 2. The summed E-state index contributed by atoms with van der Waals surface area (Å²) in [6.07, 6.45) is 1.60. The number of hydrogen-bond donors (Lipinski definition) is 1. The van der Waals surface area contributed by atoms with Crippen LogP contribution in [0.3, 0.4) is 0 Å². The van der Waals surface area contributed by atoms with Crippen molar-refractivity contribution >= 4 is 6.03 Å². The lowest BCUT2D eigenvalue weighted by molar-refractivity contribution is 0.186. The second-order valence-electron chi connectivity index (χ2n) is 4.93. The van der Waals surface area contributed by atoms with Crippen molar-refractivity contribution in [3.63, 3.8) is 0 Å². The lowest BCUT2D eigenvalue weighted by atomic mass is 10.3. The number of ether oxygens (including phenoxy) is 1. The molecule has 1 aliphatic heterocycles. The number of carbonyl (C=O) groups excluding carboxylic acids is 1. The topological polar surface area (TPSA) is 71.8 Å². The van der Waals surface area contributed by atoms with Crippen LogP contribution in [0.5, 0.6) is 5.75 Å². The maximum absolute atomic E-state index is 11.8. The van der Waals surface area contributed by atoms with Crippen molar-refractivity contribution in [3.8, 4) is 5.75 Å². The zero-order valence-electron chi connectivity index (χ0n) is 11.8. The van der Waals surface area contributed by atoms with E-state index in [9.17, 15) is 9.59 Å². The molecule has 110 valence electrons. The number of hydrogen-bond acceptors (Lipinski definition) is 4. The summed E-state index contributed by atoms with van der Waals surface area (Å²) < 4.78 is 10.6. The molecule has 0 aromatic carbocycles. The summed E-state index contributed by atoms with van der Waals surface area (Å²) in [4.78, 5) is 24.8. The molecule has 0 spiro atoms. The van der Waals surface area contributed by atoms with Gasteiger partial charge in [0, 0.05) is 25.6 Å². The number of rotatable bonds is 4. The van der Waals surface area contributed by atoms with Crippen molar-refractivity contribution in [3.05, 3.63) is 28.3 Å². The van der Waals surface area contributed by atoms with Gasteiger partial charge in [-0.05, 0) is 13.3 Å². The Hall–Kier alpha value is -1.98. The minimum atomic E-state index is -0.421. The third-order valence-electron chi connectivity index (χ3n) is 3.13. The average Bonchev–Trinajstić information content (AvgIpc) is 2.83. The Morgan fingerprint density at radius 1 is 1.55 bits per heavy atom. The molecule has 6 heteroatoms. The van der Waals surface area contributed by atoms with E-state index in [1.807, 2.05) is 6.92 Å². The van der Waals surface area contributed by atoms with Crippen LogP contribution >= 0.6 is 0 Å². The van der Waals surface area contributed by atoms with Gasteiger partial charge in [0.25, 0.3) is 0 Å². The SMILES string of the molecule is CCCNC(=O)N1CCC(Oc2cc(C)oc(=O)c2)C1. The quantitative estimate of drug-likeness (QED) is 0.907. The van der Waals surface area contributed by atoms with Gasteiger partial charge in [-0.25, -0.2) is 9.59 Å². The Labute approximate surface area is 117 Å². The van der Waals surface area contributed by atoms with Gasteiger partial charge in [0.2, 0.25) is 0 Å². The van der Waals surface area contributed by atoms with Crippen LogP contribution in [0.2, 0.25) is 0 Å². The Bertz CT molecular complexity index is 526. The minimum absolute atomic E-state index is 0.0540. The largest absolute Gasteiger partial charge is 0.488 e. The summed E-state index contributed by atoms with van der Waals surface area (Å²) in [5, 5.41) is 2.84. The second kappa shape index (κ2) is 6.45. The fourth-order valence-corrected chi connectivity index (χ4v) is 2.19. The Balaban J connectivity index is 1.90. The molecular weight excluding hydrogens is 260 g/mol. The molecule has 20 heavy (non-hydrogen) atoms. The van der Waals surface area contributed by atoms with E-state index >= 15 is 0 Å². The lowest BCUT2D eigenvalue weighted by Gasteiger charge is -2.17. The number of nitrogens with one attached hydrogen (secondary N) is 1. The molecule has 0 saturated carbocycles. The lowest BCUT2D eigenvalue weighted by Crippen LogP contribution is -2.39. The molecule has 1 aromatic heterocycles. The third-order valence-corrected chi connectivity index (χ3v) is 3.13. The van der Waals surface area contributed by atoms with E-state index in [-0.39, 0.29) is 12.1 Å². The highest BCUT2D eigenvalue weighted by Gasteiger charge is 2.27. The maximum Gasteiger partial charge on any atom is 0.339 e. The van der Waals surface area contributed by atoms with Crippen molar-refractivity contribution in [2.24, 2.45) is 0 Å². The minimum Gasteiger partial charge on any atom is -0.488 e. The fourth-order valence-electron chi connectivity index (χ4n) is 2.19. The summed E-state index contributed by atoms with van der Waals surface area (Å²) in [5.41, 5.74) is -0.421. The summed E-state index contributed by atoms with van der Waals surface area (Å²) in [6.45, 7) is 5.60. The van der Waals surface area contributed by atoms with Crippen molar-refractivity contribution in [2.45, 2.75) is 32.8 Å². The van der Waals surface area contributed by atoms with Crippen LogP contribution < -0.4 is 15.7 Å². The van der Waals surface area contributed by atoms with E-state index in [1.165, 1.54) is 6.07 Å². The molecule has 1 fully saturated rings. The molecular formula is C14H20N2O4. The van der Waals surface area contributed by atoms with E-state index < -0.39 is 5.63 Å². The highest BCUT2D eigenvalue weighted by Crippen LogP contribution is 2.18. The fraction of sp³-hybridized carbons (Fsp3) is 0.571. The standard InChI is InChI=1S/C14H20N2O4/c1-3-5-15-14(18)16-6-4-11(9-16)20-12-7-10(2)19-13(17)8-12/h7-8,11H,3-6,9H2,1-2H3,(H,15,18). The molecule has 0 bridgehead atoms. The first-order chi connectivity index (χ1) is 9.58. The van der Waals surface area contributed by atoms with Crippen LogP contribution in [-0.4, -0.2) is 36.7 Å². The van der Waals surface area contributed by atoms with Gasteiger partial charge in [0.1, 0.15) is 17.6 Å². The van der Waals surface area contributed by atoms with Gasteiger partial charge in [0.15, 0.2) is 0 Å². The first kappa shape index (κ1) is 14.4. The molecule has 1 atom stereocenters. The normalized spacial score (nSPS) is 18.1. The van der Waals surface area contributed by atoms with E-state index in [2.05, 4.69) is 5.32 Å². The summed E-state index contributed by atoms with van der Waals surface area (Å²) in [7, 11) is 0. The van der Waals surface area contributed by atoms with Crippen LogP contribution in [0.4, 0.5) is 4.79 Å². The Morgan fingerprint density at radius 3 is 3.05 bits per heavy atom. The summed E-state index contributed by atoms with van der Waals surface area (Å²) >= 11 is 0. The van der Waals surface area contributed by atoms with Crippen LogP contribution in [0, 0.1) is 6.92 Å². The number of urea groups is 1. The second-order valence-corrected chi connectivity index (χ2v) is 4.93. The van der Waals surface area contributed by atoms with Gasteiger partial charge in [0.05, 0.1) is 12.6 Å². The van der Waals surface area contributed by atoms with Gasteiger partial charge < -0.3 is 19.4 Å². The predicted molar refractivity (Wildman–Crippen MR) is 74.0 cm³/mol.